The molecule has 0 spiro atoms. The summed E-state index contributed by atoms with van der Waals surface area (Å²) in [5, 5.41) is 28.4. The van der Waals surface area contributed by atoms with Crippen molar-refractivity contribution < 1.29 is 155 Å². The van der Waals surface area contributed by atoms with Crippen LogP contribution in [0.15, 0.2) is 61.3 Å². The van der Waals surface area contributed by atoms with Crippen molar-refractivity contribution in [3.05, 3.63) is 47.0 Å². The van der Waals surface area contributed by atoms with Crippen molar-refractivity contribution in [1.82, 2.24) is 15.0 Å². The maximum atomic E-state index is 12.4. The van der Waals surface area contributed by atoms with Crippen molar-refractivity contribution in [1.29, 1.82) is 0 Å². The molecule has 3 aromatic carbocycles. The molecule has 0 saturated carbocycles. The Bertz CT molecular complexity index is 2110. The van der Waals surface area contributed by atoms with Crippen molar-refractivity contribution in [2.75, 3.05) is 5.32 Å². The van der Waals surface area contributed by atoms with Crippen LogP contribution < -0.4 is 94.0 Å². The minimum atomic E-state index is -5.32. The number of aromatic hydroxyl groups is 2. The molecule has 0 saturated heterocycles. The molecule has 17 nitrogen and oxygen atoms in total. The summed E-state index contributed by atoms with van der Waals surface area (Å²) < 4.78 is 101. The molecule has 0 bridgehead atoms. The van der Waals surface area contributed by atoms with Gasteiger partial charge < -0.3 is 15.5 Å². The Kier molecular flexibility index (Phi) is 16.8. The first-order chi connectivity index (χ1) is 18.9. The fourth-order valence-electron chi connectivity index (χ4n) is 3.41. The Morgan fingerprint density at radius 3 is 1.80 bits per heavy atom. The second kappa shape index (κ2) is 16.9. The van der Waals surface area contributed by atoms with Gasteiger partial charge in [0.15, 0.2) is 5.75 Å². The predicted octanol–water partition coefficient (Wildman–Crippen LogP) is -5.35. The van der Waals surface area contributed by atoms with Crippen LogP contribution in [0.2, 0.25) is 10.6 Å². The quantitative estimate of drug-likeness (QED) is 0.0579. The summed E-state index contributed by atoms with van der Waals surface area (Å²) in [5.41, 5.74) is -2.05. The molecule has 0 unspecified atom stereocenters. The molecule has 4 aromatic rings. The van der Waals surface area contributed by atoms with Crippen LogP contribution in [0.5, 0.6) is 11.5 Å². The number of aromatic nitrogens is 3. The third kappa shape index (κ3) is 10.6. The van der Waals surface area contributed by atoms with Gasteiger partial charge in [0, 0.05) is 27.8 Å². The van der Waals surface area contributed by atoms with Gasteiger partial charge in [0.05, 0.1) is 10.6 Å². The standard InChI is InChI=1S/C19H12Cl2N6O11S3.Cu.3Na/c20-17-23-18(21)25-19(24-17)22-10-3-2-8-9(16(10)41(36,37)38)6-13(40(33,34)35)14(15(8)29)27-26-11-5-7(39(30,31)32)1-4-12(11)28;;;;/h1-6,28-29H,(H,30,31,32)(H,33,34,35)(H,36,37,38)(H,22,23,24,25);;;;/q;;3*+1. The number of benzene rings is 3. The van der Waals surface area contributed by atoms with Gasteiger partial charge in [-0.3, -0.25) is 13.7 Å². The van der Waals surface area contributed by atoms with Crippen LogP contribution in [0.4, 0.5) is 23.0 Å². The Hall–Kier alpha value is -0.241. The topological polar surface area (TPSA) is 279 Å². The van der Waals surface area contributed by atoms with E-state index in [1.165, 1.54) is 0 Å². The summed E-state index contributed by atoms with van der Waals surface area (Å²) >= 11 is 11.4. The van der Waals surface area contributed by atoms with Crippen molar-refractivity contribution >= 4 is 87.3 Å². The Balaban J connectivity index is 0.00000484. The van der Waals surface area contributed by atoms with Crippen LogP contribution in [0.3, 0.4) is 0 Å². The van der Waals surface area contributed by atoms with Crippen LogP contribution in [-0.2, 0) is 47.4 Å². The van der Waals surface area contributed by atoms with Gasteiger partial charge in [-0.15, -0.1) is 10.2 Å². The smallest absolute Gasteiger partial charge is 0.506 e. The Morgan fingerprint density at radius 2 is 1.29 bits per heavy atom. The van der Waals surface area contributed by atoms with Gasteiger partial charge in [-0.1, -0.05) is 0 Å². The minimum absolute atomic E-state index is 0. The van der Waals surface area contributed by atoms with Gasteiger partial charge in [-0.25, -0.2) is 0 Å². The largest absolute Gasteiger partial charge is 1.00 e. The van der Waals surface area contributed by atoms with E-state index in [1.54, 1.807) is 0 Å². The van der Waals surface area contributed by atoms with E-state index < -0.39 is 101 Å². The maximum absolute atomic E-state index is 12.4. The number of nitrogens with zero attached hydrogens (tertiary/aromatic N) is 5. The number of phenolic OH excluding ortho intramolecular Hbond substituents is 2. The van der Waals surface area contributed by atoms with E-state index >= 15 is 0 Å². The monoisotopic (exact) mass is 798 g/mol. The summed E-state index contributed by atoms with van der Waals surface area (Å²) in [6.07, 6.45) is 0. The molecular weight excluding hydrogens is 788 g/mol. The molecule has 4 rings (SSSR count). The van der Waals surface area contributed by atoms with Crippen LogP contribution in [-0.4, -0.2) is 64.1 Å². The molecule has 0 aliphatic rings. The normalized spacial score (nSPS) is 11.6. The van der Waals surface area contributed by atoms with Crippen molar-refractivity contribution in [2.24, 2.45) is 10.2 Å². The zero-order valence-electron chi connectivity index (χ0n) is 22.7. The van der Waals surface area contributed by atoms with E-state index in [4.69, 9.17) is 23.2 Å². The zero-order chi connectivity index (χ0) is 30.5. The van der Waals surface area contributed by atoms with Crippen molar-refractivity contribution in [3.63, 3.8) is 0 Å². The van der Waals surface area contributed by atoms with Crippen LogP contribution >= 0.6 is 23.2 Å². The molecule has 1 radical (unpaired) electrons. The van der Waals surface area contributed by atoms with Gasteiger partial charge in [0.1, 0.15) is 26.9 Å². The number of hydrogen-bond acceptors (Lipinski definition) is 14. The number of fused-ring (bicyclic) bond motifs is 1. The van der Waals surface area contributed by atoms with E-state index in [9.17, 15) is 49.1 Å². The number of rotatable bonds is 7. The average Bonchev–Trinajstić information content (AvgIpc) is 2.81. The molecule has 0 aliphatic heterocycles. The van der Waals surface area contributed by atoms with E-state index in [0.717, 1.165) is 24.3 Å². The van der Waals surface area contributed by atoms with Crippen molar-refractivity contribution in [3.8, 4) is 11.5 Å². The van der Waals surface area contributed by atoms with Gasteiger partial charge in [-0.2, -0.15) is 40.2 Å². The van der Waals surface area contributed by atoms with Crippen LogP contribution in [0.25, 0.3) is 10.8 Å². The van der Waals surface area contributed by atoms with Gasteiger partial charge in [-0.05, 0) is 59.6 Å². The summed E-state index contributed by atoms with van der Waals surface area (Å²) in [6.45, 7) is 0. The van der Waals surface area contributed by atoms with Crippen LogP contribution in [0, 0.1) is 0 Å². The fraction of sp³-hybridized carbons (Fsp3) is 0. The number of phenols is 2. The van der Waals surface area contributed by atoms with Crippen LogP contribution in [0.1, 0.15) is 0 Å². The molecule has 227 valence electrons. The third-order valence-corrected chi connectivity index (χ3v) is 8.06. The first-order valence-corrected chi connectivity index (χ1v) is 15.3. The van der Waals surface area contributed by atoms with E-state index in [0.29, 0.717) is 12.1 Å². The fourth-order valence-corrected chi connectivity index (χ4v) is 5.77. The second-order valence-electron chi connectivity index (χ2n) is 7.71. The summed E-state index contributed by atoms with van der Waals surface area (Å²) in [4.78, 5) is 7.94. The predicted molar refractivity (Wildman–Crippen MR) is 140 cm³/mol. The number of hydrogen-bond donors (Lipinski definition) is 6. The Morgan fingerprint density at radius 1 is 0.711 bits per heavy atom. The second-order valence-corrected chi connectivity index (χ2v) is 12.6. The molecular formula is C19H12Cl2CuN6Na3O11S3+3. The zero-order valence-corrected chi connectivity index (χ0v) is 33.6. The molecule has 0 atom stereocenters. The maximum Gasteiger partial charge on any atom is 1.00 e. The van der Waals surface area contributed by atoms with Gasteiger partial charge in [0.25, 0.3) is 30.4 Å². The third-order valence-electron chi connectivity index (χ3n) is 5.05. The number of azo groups is 1. The molecule has 0 amide bonds. The molecule has 0 fully saturated rings. The number of halogens is 2. The molecule has 26 heteroatoms. The first-order valence-electron chi connectivity index (χ1n) is 10.2. The summed E-state index contributed by atoms with van der Waals surface area (Å²) in [5.74, 6) is -2.15. The van der Waals surface area contributed by atoms with E-state index in [-0.39, 0.29) is 106 Å². The Labute approximate surface area is 341 Å². The molecule has 45 heavy (non-hydrogen) atoms. The molecule has 1 heterocycles. The molecule has 0 aliphatic carbocycles. The summed E-state index contributed by atoms with van der Waals surface area (Å²) in [7, 11) is -15.3. The molecule has 6 N–H and O–H groups in total. The van der Waals surface area contributed by atoms with Gasteiger partial charge in [0.2, 0.25) is 16.5 Å². The SMILES string of the molecule is O=S(=O)(O)c1ccc(O)c(N=Nc2c(S(=O)(=O)O)cc3c(S(=O)(=O)O)c(Nc4nc(Cl)nc(Cl)n4)ccc3c2O)c1.[Cu].[Na+].[Na+].[Na+]. The van der Waals surface area contributed by atoms with E-state index in [1.807, 2.05) is 0 Å². The van der Waals surface area contributed by atoms with E-state index in [2.05, 4.69) is 30.5 Å². The molecule has 1 aromatic heterocycles. The minimum Gasteiger partial charge on any atom is -0.506 e. The average molecular weight is 800 g/mol. The number of anilines is 2. The summed E-state index contributed by atoms with van der Waals surface area (Å²) in [6, 6.07) is 4.90. The number of nitrogens with one attached hydrogen (secondary N) is 1. The first kappa shape index (κ1) is 44.8. The van der Waals surface area contributed by atoms with Gasteiger partial charge >= 0.3 is 88.7 Å². The van der Waals surface area contributed by atoms with Crippen molar-refractivity contribution in [2.45, 2.75) is 14.7 Å².